The van der Waals surface area contributed by atoms with Crippen molar-refractivity contribution in [3.05, 3.63) is 83.6 Å². The Kier molecular flexibility index (Phi) is 7.71. The first-order valence-corrected chi connectivity index (χ1v) is 12.2. The van der Waals surface area contributed by atoms with Crippen molar-refractivity contribution >= 4 is 21.6 Å². The lowest BCUT2D eigenvalue weighted by Gasteiger charge is -2.28. The molecule has 0 aliphatic rings. The van der Waals surface area contributed by atoms with Gasteiger partial charge in [0.25, 0.3) is 15.9 Å². The molecule has 3 aromatic rings. The SMILES string of the molecule is CCN(CCN(c1ccc(OC)nc1)S(=O)(=O)c1cc(C)cc(C)c1)C(=O)c1ccccc1. The molecule has 0 bridgehead atoms. The highest BCUT2D eigenvalue weighted by Gasteiger charge is 2.27. The number of rotatable bonds is 9. The van der Waals surface area contributed by atoms with Crippen molar-refractivity contribution in [2.45, 2.75) is 25.7 Å². The molecule has 0 radical (unpaired) electrons. The zero-order valence-corrected chi connectivity index (χ0v) is 20.2. The zero-order valence-electron chi connectivity index (χ0n) is 19.4. The van der Waals surface area contributed by atoms with Crippen LogP contribution < -0.4 is 9.04 Å². The van der Waals surface area contributed by atoms with E-state index in [2.05, 4.69) is 4.98 Å². The molecule has 0 aliphatic heterocycles. The summed E-state index contributed by atoms with van der Waals surface area (Å²) in [4.78, 5) is 19.0. The molecule has 3 rings (SSSR count). The number of carbonyl (C=O) groups excluding carboxylic acids is 1. The molecular weight excluding hydrogens is 438 g/mol. The zero-order chi connectivity index (χ0) is 24.0. The number of methoxy groups -OCH3 is 1. The molecule has 0 unspecified atom stereocenters. The Morgan fingerprint density at radius 2 is 1.64 bits per heavy atom. The molecule has 0 N–H and O–H groups in total. The molecule has 174 valence electrons. The van der Waals surface area contributed by atoms with Gasteiger partial charge in [0.1, 0.15) is 0 Å². The van der Waals surface area contributed by atoms with Gasteiger partial charge in [0.15, 0.2) is 0 Å². The van der Waals surface area contributed by atoms with Crippen LogP contribution in [0.15, 0.2) is 71.8 Å². The van der Waals surface area contributed by atoms with E-state index in [1.165, 1.54) is 17.6 Å². The van der Waals surface area contributed by atoms with E-state index in [1.807, 2.05) is 32.9 Å². The summed E-state index contributed by atoms with van der Waals surface area (Å²) in [7, 11) is -2.40. The first-order chi connectivity index (χ1) is 15.8. The third kappa shape index (κ3) is 5.70. The van der Waals surface area contributed by atoms with Gasteiger partial charge in [-0.2, -0.15) is 0 Å². The molecule has 0 spiro atoms. The number of amides is 1. The van der Waals surface area contributed by atoms with Crippen LogP contribution in [-0.2, 0) is 10.0 Å². The average Bonchev–Trinajstić information content (AvgIpc) is 2.81. The van der Waals surface area contributed by atoms with Gasteiger partial charge in [0.2, 0.25) is 5.88 Å². The number of carbonyl (C=O) groups is 1. The van der Waals surface area contributed by atoms with Gasteiger partial charge in [-0.25, -0.2) is 13.4 Å². The lowest BCUT2D eigenvalue weighted by molar-refractivity contribution is 0.0769. The molecule has 7 nitrogen and oxygen atoms in total. The van der Waals surface area contributed by atoms with Crippen molar-refractivity contribution in [2.75, 3.05) is 31.0 Å². The molecule has 33 heavy (non-hydrogen) atoms. The third-order valence-corrected chi connectivity index (χ3v) is 7.07. The van der Waals surface area contributed by atoms with E-state index in [-0.39, 0.29) is 23.9 Å². The number of nitrogens with zero attached hydrogens (tertiary/aromatic N) is 3. The lowest BCUT2D eigenvalue weighted by Crippen LogP contribution is -2.41. The second-order valence-electron chi connectivity index (χ2n) is 7.71. The Bertz CT molecular complexity index is 1180. The Morgan fingerprint density at radius 1 is 0.970 bits per heavy atom. The summed E-state index contributed by atoms with van der Waals surface area (Å²) >= 11 is 0. The van der Waals surface area contributed by atoms with E-state index >= 15 is 0 Å². The van der Waals surface area contributed by atoms with E-state index < -0.39 is 10.0 Å². The molecule has 1 heterocycles. The van der Waals surface area contributed by atoms with Crippen molar-refractivity contribution in [3.8, 4) is 5.88 Å². The van der Waals surface area contributed by atoms with Gasteiger partial charge in [0, 0.05) is 24.7 Å². The van der Waals surface area contributed by atoms with E-state index in [4.69, 9.17) is 4.74 Å². The second kappa shape index (κ2) is 10.5. The lowest BCUT2D eigenvalue weighted by atomic mass is 10.2. The summed E-state index contributed by atoms with van der Waals surface area (Å²) in [5.41, 5.74) is 2.68. The summed E-state index contributed by atoms with van der Waals surface area (Å²) in [6.45, 7) is 6.35. The molecule has 0 atom stereocenters. The normalized spacial score (nSPS) is 11.2. The number of ether oxygens (including phenoxy) is 1. The van der Waals surface area contributed by atoms with E-state index in [1.54, 1.807) is 53.4 Å². The molecule has 0 fully saturated rings. The molecule has 0 saturated heterocycles. The number of aryl methyl sites for hydroxylation is 2. The first kappa shape index (κ1) is 24.3. The van der Waals surface area contributed by atoms with Gasteiger partial charge in [-0.3, -0.25) is 9.10 Å². The van der Waals surface area contributed by atoms with Crippen LogP contribution in [0.4, 0.5) is 5.69 Å². The number of hydrogen-bond donors (Lipinski definition) is 0. The van der Waals surface area contributed by atoms with E-state index in [0.717, 1.165) is 11.1 Å². The molecule has 1 aromatic heterocycles. The Morgan fingerprint density at radius 3 is 2.18 bits per heavy atom. The minimum atomic E-state index is -3.90. The summed E-state index contributed by atoms with van der Waals surface area (Å²) in [5, 5.41) is 0. The third-order valence-electron chi connectivity index (χ3n) is 5.26. The number of likely N-dealkylation sites (N-methyl/N-ethyl adjacent to an activating group) is 1. The topological polar surface area (TPSA) is 79.8 Å². The monoisotopic (exact) mass is 467 g/mol. The van der Waals surface area contributed by atoms with Crippen LogP contribution in [0.1, 0.15) is 28.4 Å². The molecule has 8 heteroatoms. The van der Waals surface area contributed by atoms with Gasteiger partial charge in [0.05, 0.1) is 30.4 Å². The van der Waals surface area contributed by atoms with Gasteiger partial charge in [-0.15, -0.1) is 0 Å². The number of aromatic nitrogens is 1. The minimum absolute atomic E-state index is 0.0791. The summed E-state index contributed by atoms with van der Waals surface area (Å²) in [6, 6.07) is 17.5. The van der Waals surface area contributed by atoms with Crippen molar-refractivity contribution in [1.82, 2.24) is 9.88 Å². The summed E-state index contributed by atoms with van der Waals surface area (Å²) < 4.78 is 33.8. The Labute approximate surface area is 195 Å². The number of anilines is 1. The van der Waals surface area contributed by atoms with Crippen LogP contribution in [-0.4, -0.2) is 51.0 Å². The maximum Gasteiger partial charge on any atom is 0.264 e. The standard InChI is InChI=1S/C25H29N3O4S/c1-5-27(25(29)21-9-7-6-8-10-21)13-14-28(22-11-12-24(32-4)26-18-22)33(30,31)23-16-19(2)15-20(3)17-23/h6-12,15-18H,5,13-14H2,1-4H3. The van der Waals surface area contributed by atoms with E-state index in [9.17, 15) is 13.2 Å². The highest BCUT2D eigenvalue weighted by Crippen LogP contribution is 2.26. The second-order valence-corrected chi connectivity index (χ2v) is 9.57. The van der Waals surface area contributed by atoms with Gasteiger partial charge in [-0.1, -0.05) is 24.3 Å². The quantitative estimate of drug-likeness (QED) is 0.474. The number of pyridine rings is 1. The van der Waals surface area contributed by atoms with Crippen LogP contribution in [0, 0.1) is 13.8 Å². The average molecular weight is 468 g/mol. The predicted molar refractivity (Wildman–Crippen MR) is 129 cm³/mol. The summed E-state index contributed by atoms with van der Waals surface area (Å²) in [6.07, 6.45) is 1.47. The predicted octanol–water partition coefficient (Wildman–Crippen LogP) is 4.06. The van der Waals surface area contributed by atoms with Crippen LogP contribution >= 0.6 is 0 Å². The molecule has 1 amide bonds. The maximum atomic E-state index is 13.7. The largest absolute Gasteiger partial charge is 0.481 e. The fraction of sp³-hybridized carbons (Fsp3) is 0.280. The minimum Gasteiger partial charge on any atom is -0.481 e. The molecular formula is C25H29N3O4S. The number of hydrogen-bond acceptors (Lipinski definition) is 5. The van der Waals surface area contributed by atoms with Crippen molar-refractivity contribution in [3.63, 3.8) is 0 Å². The van der Waals surface area contributed by atoms with Crippen molar-refractivity contribution in [2.24, 2.45) is 0 Å². The fourth-order valence-corrected chi connectivity index (χ4v) is 5.25. The smallest absolute Gasteiger partial charge is 0.264 e. The number of sulfonamides is 1. The number of benzene rings is 2. The van der Waals surface area contributed by atoms with Gasteiger partial charge < -0.3 is 9.64 Å². The molecule has 0 aliphatic carbocycles. The van der Waals surface area contributed by atoms with Crippen LogP contribution in [0.3, 0.4) is 0 Å². The highest BCUT2D eigenvalue weighted by atomic mass is 32.2. The Hall–Kier alpha value is -3.39. The highest BCUT2D eigenvalue weighted by molar-refractivity contribution is 7.92. The molecule has 0 saturated carbocycles. The molecule has 2 aromatic carbocycles. The van der Waals surface area contributed by atoms with Crippen LogP contribution in [0.5, 0.6) is 5.88 Å². The maximum absolute atomic E-state index is 13.7. The fourth-order valence-electron chi connectivity index (χ4n) is 3.62. The van der Waals surface area contributed by atoms with Crippen LogP contribution in [0.25, 0.3) is 0 Å². The Balaban J connectivity index is 1.95. The van der Waals surface area contributed by atoms with Gasteiger partial charge in [-0.05, 0) is 62.2 Å². The summed E-state index contributed by atoms with van der Waals surface area (Å²) in [5.74, 6) is 0.242. The van der Waals surface area contributed by atoms with Crippen molar-refractivity contribution in [1.29, 1.82) is 0 Å². The van der Waals surface area contributed by atoms with Crippen molar-refractivity contribution < 1.29 is 17.9 Å². The van der Waals surface area contributed by atoms with E-state index in [0.29, 0.717) is 23.7 Å². The van der Waals surface area contributed by atoms with Gasteiger partial charge >= 0.3 is 0 Å². The first-order valence-electron chi connectivity index (χ1n) is 10.7. The van der Waals surface area contributed by atoms with Crippen LogP contribution in [0.2, 0.25) is 0 Å².